The standard InChI is InChI=1S/C38H48Cl4N6O4S/c1-3-4-5-6-7-8-9-10-11-12-13-14-15-16-21-53(51,52)47-28-18-19-29(40)32(25-28)43-37-35(45-44-33-22-26(2)17-20-34(33)49)38(50)48(46-37)36-30(41)23-27(39)24-31(36)42/h17-20,22-25,43,46-47,49H,3-16,21H2,1-2H3. The number of aryl methyl sites for hydroxylation is 1. The molecular formula is C38H48Cl4N6O4S. The Hall–Kier alpha value is -3.22. The predicted octanol–water partition coefficient (Wildman–Crippen LogP) is 13.2. The summed E-state index contributed by atoms with van der Waals surface area (Å²) in [6.07, 6.45) is 16.5. The monoisotopic (exact) mass is 824 g/mol. The summed E-state index contributed by atoms with van der Waals surface area (Å²) < 4.78 is 29.7. The molecule has 0 spiro atoms. The number of H-pyrrole nitrogens is 1. The van der Waals surface area contributed by atoms with Gasteiger partial charge in [-0.25, -0.2) is 13.1 Å². The molecule has 0 amide bonds. The number of anilines is 3. The van der Waals surface area contributed by atoms with E-state index in [0.717, 1.165) is 29.5 Å². The van der Waals surface area contributed by atoms with Crippen LogP contribution < -0.4 is 15.6 Å². The fraction of sp³-hybridized carbons (Fsp3) is 0.447. The highest BCUT2D eigenvalue weighted by Gasteiger charge is 2.21. The normalized spacial score (nSPS) is 11.8. The van der Waals surface area contributed by atoms with Crippen molar-refractivity contribution < 1.29 is 13.5 Å². The van der Waals surface area contributed by atoms with E-state index in [1.54, 1.807) is 18.2 Å². The van der Waals surface area contributed by atoms with Crippen LogP contribution in [0, 0.1) is 6.92 Å². The maximum absolute atomic E-state index is 13.8. The minimum Gasteiger partial charge on any atom is -0.506 e. The zero-order valence-electron chi connectivity index (χ0n) is 30.2. The lowest BCUT2D eigenvalue weighted by Gasteiger charge is -2.12. The quantitative estimate of drug-likeness (QED) is 0.0461. The van der Waals surface area contributed by atoms with Crippen LogP contribution in [0.2, 0.25) is 20.1 Å². The van der Waals surface area contributed by atoms with Crippen molar-refractivity contribution >= 4 is 85.0 Å². The van der Waals surface area contributed by atoms with Crippen LogP contribution in [0.4, 0.5) is 28.6 Å². The van der Waals surface area contributed by atoms with Crippen molar-refractivity contribution in [1.82, 2.24) is 9.78 Å². The Balaban J connectivity index is 1.41. The molecule has 15 heteroatoms. The van der Waals surface area contributed by atoms with Crippen LogP contribution in [0.5, 0.6) is 5.75 Å². The number of aromatic nitrogens is 2. The first-order valence-electron chi connectivity index (χ1n) is 18.2. The van der Waals surface area contributed by atoms with E-state index in [1.807, 2.05) is 6.92 Å². The molecule has 0 aliphatic heterocycles. The highest BCUT2D eigenvalue weighted by Crippen LogP contribution is 2.36. The molecule has 4 rings (SSSR count). The van der Waals surface area contributed by atoms with E-state index < -0.39 is 15.6 Å². The maximum atomic E-state index is 13.8. The Labute approximate surface area is 332 Å². The third-order valence-electron chi connectivity index (χ3n) is 8.73. The SMILES string of the molecule is CCCCCCCCCCCCCCCCS(=O)(=O)Nc1ccc(Cl)c(Nc2[nH]n(-c3c(Cl)cc(Cl)cc3Cl)c(=O)c2N=Nc2cc(C)ccc2O)c1. The fourth-order valence-corrected chi connectivity index (χ4v) is 8.19. The zero-order chi connectivity index (χ0) is 38.4. The molecule has 4 aromatic rings. The molecule has 0 bridgehead atoms. The van der Waals surface area contributed by atoms with Crippen LogP contribution in [0.1, 0.15) is 102 Å². The number of halogens is 4. The van der Waals surface area contributed by atoms with Gasteiger partial charge in [-0.05, 0) is 61.4 Å². The molecule has 10 nitrogen and oxygen atoms in total. The smallest absolute Gasteiger partial charge is 0.301 e. The lowest BCUT2D eigenvalue weighted by Crippen LogP contribution is -2.16. The molecule has 0 unspecified atom stereocenters. The van der Waals surface area contributed by atoms with Gasteiger partial charge in [0.05, 0.1) is 32.2 Å². The van der Waals surface area contributed by atoms with Crippen LogP contribution in [0.25, 0.3) is 5.69 Å². The zero-order valence-corrected chi connectivity index (χ0v) is 34.0. The van der Waals surface area contributed by atoms with Gasteiger partial charge in [-0.1, -0.05) is 143 Å². The Bertz CT molecular complexity index is 1990. The second-order valence-corrected chi connectivity index (χ2v) is 16.7. The summed E-state index contributed by atoms with van der Waals surface area (Å²) >= 11 is 25.5. The Kier molecular flexibility index (Phi) is 16.9. The third-order valence-corrected chi connectivity index (χ3v) is 11.2. The number of nitrogens with one attached hydrogen (secondary N) is 3. The number of hydrogen-bond donors (Lipinski definition) is 4. The van der Waals surface area contributed by atoms with Crippen molar-refractivity contribution in [3.8, 4) is 11.4 Å². The molecule has 0 saturated carbocycles. The predicted molar refractivity (Wildman–Crippen MR) is 221 cm³/mol. The molecule has 53 heavy (non-hydrogen) atoms. The van der Waals surface area contributed by atoms with Crippen molar-refractivity contribution in [2.45, 2.75) is 104 Å². The average molecular weight is 827 g/mol. The summed E-state index contributed by atoms with van der Waals surface area (Å²) in [6.45, 7) is 4.06. The lowest BCUT2D eigenvalue weighted by atomic mass is 10.0. The number of aromatic amines is 1. The summed E-state index contributed by atoms with van der Waals surface area (Å²) in [5.41, 5.74) is 0.724. The van der Waals surface area contributed by atoms with E-state index >= 15 is 0 Å². The van der Waals surface area contributed by atoms with Crippen molar-refractivity contribution in [2.75, 3.05) is 15.8 Å². The number of unbranched alkanes of at least 4 members (excludes halogenated alkanes) is 13. The van der Waals surface area contributed by atoms with Gasteiger partial charge in [0, 0.05) is 5.02 Å². The molecule has 1 heterocycles. The minimum atomic E-state index is -3.64. The van der Waals surface area contributed by atoms with Crippen molar-refractivity contribution in [3.05, 3.63) is 84.5 Å². The number of nitrogens with zero attached hydrogens (tertiary/aromatic N) is 3. The highest BCUT2D eigenvalue weighted by molar-refractivity contribution is 7.92. The van der Waals surface area contributed by atoms with Gasteiger partial charge in [-0.3, -0.25) is 14.6 Å². The molecule has 1 aromatic heterocycles. The Morgan fingerprint density at radius 1 is 0.755 bits per heavy atom. The Morgan fingerprint density at radius 3 is 1.94 bits per heavy atom. The highest BCUT2D eigenvalue weighted by atomic mass is 35.5. The van der Waals surface area contributed by atoms with Gasteiger partial charge in [-0.15, -0.1) is 10.2 Å². The molecule has 4 N–H and O–H groups in total. The number of azo groups is 1. The first-order chi connectivity index (χ1) is 25.4. The topological polar surface area (TPSA) is 141 Å². The van der Waals surface area contributed by atoms with Crippen LogP contribution in [0.15, 0.2) is 63.6 Å². The number of phenols is 1. The van der Waals surface area contributed by atoms with Gasteiger partial charge in [-0.2, -0.15) is 0 Å². The lowest BCUT2D eigenvalue weighted by molar-refractivity contribution is 0.476. The molecule has 0 radical (unpaired) electrons. The second kappa shape index (κ2) is 21.0. The summed E-state index contributed by atoms with van der Waals surface area (Å²) in [5.74, 6) is -0.103. The van der Waals surface area contributed by atoms with E-state index in [1.165, 1.54) is 94.5 Å². The summed E-state index contributed by atoms with van der Waals surface area (Å²) in [4.78, 5) is 13.8. The van der Waals surface area contributed by atoms with E-state index in [-0.39, 0.29) is 65.8 Å². The van der Waals surface area contributed by atoms with Gasteiger partial charge in [0.2, 0.25) is 10.0 Å². The first kappa shape index (κ1) is 42.5. The number of benzene rings is 3. The Morgan fingerprint density at radius 2 is 1.34 bits per heavy atom. The molecule has 0 aliphatic rings. The second-order valence-electron chi connectivity index (χ2n) is 13.2. The molecule has 0 aliphatic carbocycles. The first-order valence-corrected chi connectivity index (χ1v) is 21.3. The van der Waals surface area contributed by atoms with Gasteiger partial charge >= 0.3 is 5.56 Å². The van der Waals surface area contributed by atoms with Gasteiger partial charge in [0.1, 0.15) is 17.1 Å². The molecule has 288 valence electrons. The van der Waals surface area contributed by atoms with Crippen LogP contribution >= 0.6 is 46.4 Å². The number of aromatic hydroxyl groups is 1. The molecule has 0 atom stereocenters. The number of rotatable bonds is 22. The molecule has 3 aromatic carbocycles. The fourth-order valence-electron chi connectivity index (χ4n) is 5.87. The number of phenolic OH excluding ortho intramolecular Hbond substituents is 1. The van der Waals surface area contributed by atoms with Crippen molar-refractivity contribution in [3.63, 3.8) is 0 Å². The van der Waals surface area contributed by atoms with Gasteiger partial charge in [0.25, 0.3) is 0 Å². The minimum absolute atomic E-state index is 0.00839. The van der Waals surface area contributed by atoms with Gasteiger partial charge in [0.15, 0.2) is 11.5 Å². The number of sulfonamides is 1. The molecular weight excluding hydrogens is 778 g/mol. The molecule has 0 saturated heterocycles. The third kappa shape index (κ3) is 13.2. The van der Waals surface area contributed by atoms with Gasteiger partial charge < -0.3 is 10.4 Å². The van der Waals surface area contributed by atoms with Crippen LogP contribution in [-0.4, -0.2) is 29.1 Å². The molecule has 0 fully saturated rings. The summed E-state index contributed by atoms with van der Waals surface area (Å²) in [7, 11) is -3.64. The van der Waals surface area contributed by atoms with E-state index in [2.05, 4.69) is 32.3 Å². The largest absolute Gasteiger partial charge is 0.506 e. The van der Waals surface area contributed by atoms with Crippen molar-refractivity contribution in [2.24, 2.45) is 10.2 Å². The summed E-state index contributed by atoms with van der Waals surface area (Å²) in [6, 6.07) is 12.2. The van der Waals surface area contributed by atoms with E-state index in [4.69, 9.17) is 46.4 Å². The average Bonchev–Trinajstić information content (AvgIpc) is 3.39. The van der Waals surface area contributed by atoms with Crippen LogP contribution in [-0.2, 0) is 10.0 Å². The van der Waals surface area contributed by atoms with E-state index in [9.17, 15) is 18.3 Å². The number of hydrogen-bond acceptors (Lipinski definition) is 7. The van der Waals surface area contributed by atoms with Crippen molar-refractivity contribution in [1.29, 1.82) is 0 Å². The summed E-state index contributed by atoms with van der Waals surface area (Å²) in [5, 5.41) is 25.2. The van der Waals surface area contributed by atoms with Crippen LogP contribution in [0.3, 0.4) is 0 Å². The maximum Gasteiger partial charge on any atom is 0.301 e. The van der Waals surface area contributed by atoms with E-state index in [0.29, 0.717) is 6.42 Å².